The summed E-state index contributed by atoms with van der Waals surface area (Å²) in [5, 5.41) is 21.5. The molecule has 0 unspecified atom stereocenters. The Morgan fingerprint density at radius 2 is 2.17 bits per heavy atom. The van der Waals surface area contributed by atoms with Crippen LogP contribution in [0.1, 0.15) is 5.69 Å². The molecule has 0 aliphatic heterocycles. The highest BCUT2D eigenvalue weighted by Crippen LogP contribution is 2.14. The smallest absolute Gasteiger partial charge is 0.258 e. The minimum Gasteiger partial charge on any atom is -0.258 e. The third-order valence-corrected chi connectivity index (χ3v) is 2.16. The molecule has 2 aromatic rings. The van der Waals surface area contributed by atoms with Crippen LogP contribution in [0.25, 0.3) is 16.1 Å². The molecule has 0 fully saturated rings. The Morgan fingerprint density at radius 1 is 1.44 bits per heavy atom. The van der Waals surface area contributed by atoms with Crippen molar-refractivity contribution in [2.75, 3.05) is 0 Å². The fraction of sp³-hybridized carbons (Fsp3) is 0.111. The number of hydrogen-bond acceptors (Lipinski definition) is 5. The standard InChI is InChI=1S/C9H7N7O2/c10-13-11-5-7-6-15(14-12-7)8-1-3-9(4-2-8)16(17)18/h1-4,6H,5H2. The molecule has 0 N–H and O–H groups in total. The summed E-state index contributed by atoms with van der Waals surface area (Å²) in [4.78, 5) is 12.6. The SMILES string of the molecule is [N-]=[N+]=NCc1cn(-c2ccc([N+](=O)[O-])cc2)nn1. The fourth-order valence-corrected chi connectivity index (χ4v) is 1.33. The van der Waals surface area contributed by atoms with Crippen LogP contribution in [0.2, 0.25) is 0 Å². The molecular weight excluding hydrogens is 238 g/mol. The highest BCUT2D eigenvalue weighted by molar-refractivity contribution is 5.40. The average molecular weight is 245 g/mol. The van der Waals surface area contributed by atoms with Gasteiger partial charge in [-0.2, -0.15) is 0 Å². The van der Waals surface area contributed by atoms with Crippen molar-refractivity contribution in [3.05, 3.63) is 56.7 Å². The number of aromatic nitrogens is 3. The zero-order chi connectivity index (χ0) is 13.0. The van der Waals surface area contributed by atoms with E-state index in [1.165, 1.54) is 16.8 Å². The van der Waals surface area contributed by atoms with Crippen molar-refractivity contribution in [3.63, 3.8) is 0 Å². The van der Waals surface area contributed by atoms with E-state index in [4.69, 9.17) is 5.53 Å². The Balaban J connectivity index is 2.23. The molecule has 0 saturated heterocycles. The Hall–Kier alpha value is -2.93. The lowest BCUT2D eigenvalue weighted by Gasteiger charge is -1.98. The molecule has 0 aliphatic carbocycles. The van der Waals surface area contributed by atoms with Crippen LogP contribution < -0.4 is 0 Å². The summed E-state index contributed by atoms with van der Waals surface area (Å²) in [6.07, 6.45) is 1.59. The zero-order valence-electron chi connectivity index (χ0n) is 9.04. The first kappa shape index (κ1) is 11.6. The van der Waals surface area contributed by atoms with Crippen LogP contribution in [0.3, 0.4) is 0 Å². The van der Waals surface area contributed by atoms with Gasteiger partial charge >= 0.3 is 0 Å². The Morgan fingerprint density at radius 3 is 2.78 bits per heavy atom. The predicted octanol–water partition coefficient (Wildman–Crippen LogP) is 1.99. The van der Waals surface area contributed by atoms with E-state index in [0.717, 1.165) is 0 Å². The van der Waals surface area contributed by atoms with Crippen LogP contribution in [0.4, 0.5) is 5.69 Å². The number of rotatable bonds is 4. The lowest BCUT2D eigenvalue weighted by atomic mass is 10.3. The number of hydrogen-bond donors (Lipinski definition) is 0. The second-order valence-corrected chi connectivity index (χ2v) is 3.32. The number of benzene rings is 1. The van der Waals surface area contributed by atoms with Gasteiger partial charge in [0.2, 0.25) is 0 Å². The number of nitro benzene ring substituents is 1. The predicted molar refractivity (Wildman–Crippen MR) is 60.9 cm³/mol. The number of azide groups is 1. The van der Waals surface area contributed by atoms with Crippen molar-refractivity contribution in [1.29, 1.82) is 0 Å². The summed E-state index contributed by atoms with van der Waals surface area (Å²) in [7, 11) is 0. The quantitative estimate of drug-likeness (QED) is 0.268. The van der Waals surface area contributed by atoms with Crippen molar-refractivity contribution >= 4 is 5.69 Å². The van der Waals surface area contributed by atoms with E-state index in [1.807, 2.05) is 0 Å². The van der Waals surface area contributed by atoms with E-state index in [0.29, 0.717) is 11.4 Å². The summed E-state index contributed by atoms with van der Waals surface area (Å²) < 4.78 is 1.45. The van der Waals surface area contributed by atoms with Crippen LogP contribution in [0.5, 0.6) is 0 Å². The van der Waals surface area contributed by atoms with Crippen LogP contribution in [-0.2, 0) is 6.54 Å². The number of nitro groups is 1. The topological polar surface area (TPSA) is 123 Å². The minimum atomic E-state index is -0.474. The van der Waals surface area contributed by atoms with Crippen LogP contribution in [0, 0.1) is 10.1 Å². The molecule has 18 heavy (non-hydrogen) atoms. The third-order valence-electron chi connectivity index (χ3n) is 2.16. The molecule has 2 rings (SSSR count). The summed E-state index contributed by atoms with van der Waals surface area (Å²) in [5.41, 5.74) is 9.34. The number of non-ortho nitro benzene ring substituents is 1. The molecule has 0 radical (unpaired) electrons. The van der Waals surface area contributed by atoms with E-state index in [9.17, 15) is 10.1 Å². The van der Waals surface area contributed by atoms with Gasteiger partial charge in [0.05, 0.1) is 29.0 Å². The molecule has 1 heterocycles. The summed E-state index contributed by atoms with van der Waals surface area (Å²) >= 11 is 0. The van der Waals surface area contributed by atoms with Gasteiger partial charge in [0.25, 0.3) is 5.69 Å². The maximum atomic E-state index is 10.5. The van der Waals surface area contributed by atoms with E-state index in [2.05, 4.69) is 20.3 Å². The molecule has 1 aromatic heterocycles. The molecule has 0 spiro atoms. The van der Waals surface area contributed by atoms with Gasteiger partial charge in [-0.15, -0.1) is 5.10 Å². The van der Waals surface area contributed by atoms with Crippen molar-refractivity contribution in [3.8, 4) is 5.69 Å². The first-order valence-corrected chi connectivity index (χ1v) is 4.87. The second kappa shape index (κ2) is 4.93. The fourth-order valence-electron chi connectivity index (χ4n) is 1.33. The Kier molecular flexibility index (Phi) is 3.17. The van der Waals surface area contributed by atoms with Crippen LogP contribution >= 0.6 is 0 Å². The molecule has 0 amide bonds. The molecular formula is C9H7N7O2. The van der Waals surface area contributed by atoms with Gasteiger partial charge < -0.3 is 0 Å². The first-order chi connectivity index (χ1) is 8.70. The first-order valence-electron chi connectivity index (χ1n) is 4.87. The Labute approximate surface area is 100 Å². The van der Waals surface area contributed by atoms with Crippen molar-refractivity contribution in [1.82, 2.24) is 15.0 Å². The normalized spacial score (nSPS) is 9.78. The molecule has 0 atom stereocenters. The molecule has 90 valence electrons. The van der Waals surface area contributed by atoms with Crippen molar-refractivity contribution in [2.45, 2.75) is 6.54 Å². The van der Waals surface area contributed by atoms with Gasteiger partial charge in [-0.05, 0) is 17.7 Å². The second-order valence-electron chi connectivity index (χ2n) is 3.32. The van der Waals surface area contributed by atoms with Crippen LogP contribution in [-0.4, -0.2) is 19.9 Å². The lowest BCUT2D eigenvalue weighted by molar-refractivity contribution is -0.384. The number of nitrogens with zero attached hydrogens (tertiary/aromatic N) is 7. The monoisotopic (exact) mass is 245 g/mol. The zero-order valence-corrected chi connectivity index (χ0v) is 9.04. The van der Waals surface area contributed by atoms with Crippen LogP contribution in [0.15, 0.2) is 35.6 Å². The summed E-state index contributed by atoms with van der Waals surface area (Å²) in [6, 6.07) is 5.88. The van der Waals surface area contributed by atoms with Gasteiger partial charge in [-0.3, -0.25) is 10.1 Å². The highest BCUT2D eigenvalue weighted by Gasteiger charge is 2.06. The van der Waals surface area contributed by atoms with Gasteiger partial charge in [0.1, 0.15) is 0 Å². The molecule has 0 saturated carbocycles. The maximum Gasteiger partial charge on any atom is 0.269 e. The molecule has 0 aliphatic rings. The van der Waals surface area contributed by atoms with Gasteiger partial charge in [-0.1, -0.05) is 10.3 Å². The molecule has 9 heteroatoms. The maximum absolute atomic E-state index is 10.5. The van der Waals surface area contributed by atoms with E-state index >= 15 is 0 Å². The van der Waals surface area contributed by atoms with E-state index < -0.39 is 4.92 Å². The Bertz CT molecular complexity index is 612. The van der Waals surface area contributed by atoms with E-state index in [1.54, 1.807) is 18.3 Å². The lowest BCUT2D eigenvalue weighted by Crippen LogP contribution is -1.95. The average Bonchev–Trinajstić information content (AvgIpc) is 2.85. The largest absolute Gasteiger partial charge is 0.269 e. The third kappa shape index (κ3) is 2.42. The highest BCUT2D eigenvalue weighted by atomic mass is 16.6. The van der Waals surface area contributed by atoms with E-state index in [-0.39, 0.29) is 12.2 Å². The molecule has 0 bridgehead atoms. The molecule has 9 nitrogen and oxygen atoms in total. The van der Waals surface area contributed by atoms with Crippen molar-refractivity contribution < 1.29 is 4.92 Å². The molecule has 1 aromatic carbocycles. The summed E-state index contributed by atoms with van der Waals surface area (Å²) in [6.45, 7) is 0.115. The van der Waals surface area contributed by atoms with Crippen molar-refractivity contribution in [2.24, 2.45) is 5.11 Å². The van der Waals surface area contributed by atoms with Gasteiger partial charge in [0, 0.05) is 17.0 Å². The van der Waals surface area contributed by atoms with Gasteiger partial charge in [0.15, 0.2) is 0 Å². The minimum absolute atomic E-state index is 0.00756. The summed E-state index contributed by atoms with van der Waals surface area (Å²) in [5.74, 6) is 0. The van der Waals surface area contributed by atoms with Gasteiger partial charge in [-0.25, -0.2) is 4.68 Å².